The van der Waals surface area contributed by atoms with Crippen LogP contribution in [0.15, 0.2) is 24.3 Å². The largest absolute Gasteiger partial charge is 0.435 e. The summed E-state index contributed by atoms with van der Waals surface area (Å²) < 4.78 is 28.3. The summed E-state index contributed by atoms with van der Waals surface area (Å²) in [5.41, 5.74) is 0.694. The molecule has 0 radical (unpaired) electrons. The lowest BCUT2D eigenvalue weighted by Crippen LogP contribution is -2.48. The minimum atomic E-state index is -2.83. The van der Waals surface area contributed by atoms with E-state index in [1.54, 1.807) is 12.1 Å². The van der Waals surface area contributed by atoms with Crippen LogP contribution in [0.4, 0.5) is 14.5 Å². The van der Waals surface area contributed by atoms with Crippen molar-refractivity contribution in [2.45, 2.75) is 6.61 Å². The average Bonchev–Trinajstić information content (AvgIpc) is 2.46. The second-order valence-electron chi connectivity index (χ2n) is 4.94. The van der Waals surface area contributed by atoms with Crippen molar-refractivity contribution in [1.29, 1.82) is 0 Å². The zero-order chi connectivity index (χ0) is 15.2. The Hall–Kier alpha value is -1.89. The zero-order valence-electron chi connectivity index (χ0n) is 11.9. The van der Waals surface area contributed by atoms with Crippen molar-refractivity contribution in [2.75, 3.05) is 45.1 Å². The Morgan fingerprint density at radius 2 is 1.86 bits per heavy atom. The highest BCUT2D eigenvalue weighted by atomic mass is 19.3. The Morgan fingerprint density at radius 3 is 2.43 bits per heavy atom. The molecule has 1 fully saturated rings. The Labute approximate surface area is 122 Å². The quantitative estimate of drug-likeness (QED) is 0.894. The molecule has 1 aromatic rings. The smallest absolute Gasteiger partial charge is 0.387 e. The van der Waals surface area contributed by atoms with Crippen LogP contribution in [0.5, 0.6) is 5.75 Å². The fourth-order valence-corrected chi connectivity index (χ4v) is 2.10. The van der Waals surface area contributed by atoms with E-state index in [4.69, 9.17) is 0 Å². The molecule has 0 saturated carbocycles. The number of amides is 1. The van der Waals surface area contributed by atoms with Gasteiger partial charge in [0, 0.05) is 31.9 Å². The van der Waals surface area contributed by atoms with Gasteiger partial charge in [-0.15, -0.1) is 0 Å². The van der Waals surface area contributed by atoms with Crippen LogP contribution in [-0.4, -0.2) is 62.1 Å². The predicted molar refractivity (Wildman–Crippen MR) is 75.6 cm³/mol. The number of anilines is 1. The molecule has 1 heterocycles. The van der Waals surface area contributed by atoms with Gasteiger partial charge in [-0.2, -0.15) is 8.78 Å². The van der Waals surface area contributed by atoms with Crippen molar-refractivity contribution in [2.24, 2.45) is 0 Å². The highest BCUT2D eigenvalue weighted by Crippen LogP contribution is 2.17. The minimum absolute atomic E-state index is 0.0380. The maximum absolute atomic E-state index is 12.0. The number of piperazine rings is 1. The van der Waals surface area contributed by atoms with E-state index in [1.807, 2.05) is 11.9 Å². The van der Waals surface area contributed by atoms with Crippen molar-refractivity contribution in [1.82, 2.24) is 9.80 Å². The third-order valence-corrected chi connectivity index (χ3v) is 3.38. The van der Waals surface area contributed by atoms with E-state index in [2.05, 4.69) is 15.0 Å². The van der Waals surface area contributed by atoms with Gasteiger partial charge < -0.3 is 19.9 Å². The second kappa shape index (κ2) is 7.21. The fraction of sp³-hybridized carbons (Fsp3) is 0.500. The molecule has 1 aliphatic heterocycles. The predicted octanol–water partition coefficient (Wildman–Crippen LogP) is 1.47. The third-order valence-electron chi connectivity index (χ3n) is 3.38. The van der Waals surface area contributed by atoms with Crippen LogP contribution < -0.4 is 10.1 Å². The first-order chi connectivity index (χ1) is 10.0. The maximum atomic E-state index is 12.0. The number of nitrogens with one attached hydrogen (secondary N) is 1. The SMILES string of the molecule is CN1CCN(C(=O)CNc2ccc(OC(F)F)cc2)CC1. The number of rotatable bonds is 5. The number of carbonyl (C=O) groups is 1. The lowest BCUT2D eigenvalue weighted by atomic mass is 10.3. The normalized spacial score (nSPS) is 16.1. The summed E-state index contributed by atoms with van der Waals surface area (Å²) in [5, 5.41) is 2.99. The molecule has 1 amide bonds. The Morgan fingerprint density at radius 1 is 1.24 bits per heavy atom. The maximum Gasteiger partial charge on any atom is 0.387 e. The first-order valence-corrected chi connectivity index (χ1v) is 6.79. The molecule has 116 valence electrons. The number of hydrogen-bond donors (Lipinski definition) is 1. The Balaban J connectivity index is 1.78. The van der Waals surface area contributed by atoms with Gasteiger partial charge in [0.15, 0.2) is 0 Å². The molecule has 0 aromatic heterocycles. The molecule has 0 aliphatic carbocycles. The summed E-state index contributed by atoms with van der Waals surface area (Å²) in [6.07, 6.45) is 0. The average molecular weight is 299 g/mol. The molecule has 2 rings (SSSR count). The number of benzene rings is 1. The van der Waals surface area contributed by atoms with Crippen molar-refractivity contribution in [3.63, 3.8) is 0 Å². The van der Waals surface area contributed by atoms with Gasteiger partial charge in [0.25, 0.3) is 0 Å². The third kappa shape index (κ3) is 4.86. The first kappa shape index (κ1) is 15.5. The summed E-state index contributed by atoms with van der Waals surface area (Å²) in [6, 6.07) is 6.09. The van der Waals surface area contributed by atoms with Crippen LogP contribution in [0, 0.1) is 0 Å². The molecule has 7 heteroatoms. The first-order valence-electron chi connectivity index (χ1n) is 6.79. The van der Waals surface area contributed by atoms with Crippen molar-refractivity contribution in [3.05, 3.63) is 24.3 Å². The van der Waals surface area contributed by atoms with Crippen LogP contribution in [-0.2, 0) is 4.79 Å². The number of hydrogen-bond acceptors (Lipinski definition) is 4. The van der Waals surface area contributed by atoms with Gasteiger partial charge in [-0.05, 0) is 31.3 Å². The van der Waals surface area contributed by atoms with E-state index in [9.17, 15) is 13.6 Å². The number of alkyl halides is 2. The fourth-order valence-electron chi connectivity index (χ4n) is 2.10. The lowest BCUT2D eigenvalue weighted by Gasteiger charge is -2.32. The van der Waals surface area contributed by atoms with Gasteiger partial charge in [-0.25, -0.2) is 0 Å². The van der Waals surface area contributed by atoms with Gasteiger partial charge >= 0.3 is 6.61 Å². The lowest BCUT2D eigenvalue weighted by molar-refractivity contribution is -0.130. The second-order valence-corrected chi connectivity index (χ2v) is 4.94. The van der Waals surface area contributed by atoms with Gasteiger partial charge in [-0.3, -0.25) is 4.79 Å². The summed E-state index contributed by atoms with van der Waals surface area (Å²) in [6.45, 7) is 0.592. The van der Waals surface area contributed by atoms with Crippen molar-refractivity contribution >= 4 is 11.6 Å². The number of nitrogens with zero attached hydrogens (tertiary/aromatic N) is 2. The van der Waals surface area contributed by atoms with Crippen molar-refractivity contribution in [3.8, 4) is 5.75 Å². The number of carbonyl (C=O) groups excluding carboxylic acids is 1. The van der Waals surface area contributed by atoms with E-state index < -0.39 is 6.61 Å². The number of halogens is 2. The molecule has 0 unspecified atom stereocenters. The van der Waals surface area contributed by atoms with E-state index in [0.717, 1.165) is 26.2 Å². The molecule has 1 aromatic carbocycles. The van der Waals surface area contributed by atoms with Crippen molar-refractivity contribution < 1.29 is 18.3 Å². The summed E-state index contributed by atoms with van der Waals surface area (Å²) in [5.74, 6) is 0.136. The molecular formula is C14H19F2N3O2. The highest BCUT2D eigenvalue weighted by Gasteiger charge is 2.18. The van der Waals surface area contributed by atoms with Gasteiger partial charge in [0.1, 0.15) is 5.75 Å². The molecule has 5 nitrogen and oxygen atoms in total. The zero-order valence-corrected chi connectivity index (χ0v) is 11.9. The molecule has 0 spiro atoms. The van der Waals surface area contributed by atoms with Gasteiger partial charge in [0.05, 0.1) is 6.54 Å². The molecule has 21 heavy (non-hydrogen) atoms. The molecule has 0 bridgehead atoms. The summed E-state index contributed by atoms with van der Waals surface area (Å²) in [7, 11) is 2.03. The molecule has 1 N–H and O–H groups in total. The standard InChI is InChI=1S/C14H19F2N3O2/c1-18-6-8-19(9-7-18)13(20)10-17-11-2-4-12(5-3-11)21-14(15)16/h2-5,14,17H,6-10H2,1H3. The topological polar surface area (TPSA) is 44.8 Å². The van der Waals surface area contributed by atoms with Gasteiger partial charge in [0.2, 0.25) is 5.91 Å². The number of ether oxygens (including phenoxy) is 1. The minimum Gasteiger partial charge on any atom is -0.435 e. The van der Waals surface area contributed by atoms with Gasteiger partial charge in [-0.1, -0.05) is 0 Å². The molecule has 1 saturated heterocycles. The van der Waals surface area contributed by atoms with E-state index in [1.165, 1.54) is 12.1 Å². The molecule has 0 atom stereocenters. The van der Waals surface area contributed by atoms with Crippen LogP contribution >= 0.6 is 0 Å². The monoisotopic (exact) mass is 299 g/mol. The summed E-state index contributed by atoms with van der Waals surface area (Å²) >= 11 is 0. The van der Waals surface area contributed by atoms with Crippen LogP contribution in [0.25, 0.3) is 0 Å². The number of likely N-dealkylation sites (N-methyl/N-ethyl adjacent to an activating group) is 1. The highest BCUT2D eigenvalue weighted by molar-refractivity contribution is 5.81. The Bertz CT molecular complexity index is 460. The molecular weight excluding hydrogens is 280 g/mol. The van der Waals surface area contributed by atoms with Crippen LogP contribution in [0.2, 0.25) is 0 Å². The summed E-state index contributed by atoms with van der Waals surface area (Å²) in [4.78, 5) is 16.0. The molecule has 1 aliphatic rings. The van der Waals surface area contributed by atoms with E-state index in [-0.39, 0.29) is 18.2 Å². The van der Waals surface area contributed by atoms with Crippen LogP contribution in [0.3, 0.4) is 0 Å². The van der Waals surface area contributed by atoms with E-state index in [0.29, 0.717) is 5.69 Å². The van der Waals surface area contributed by atoms with E-state index >= 15 is 0 Å². The van der Waals surface area contributed by atoms with Crippen LogP contribution in [0.1, 0.15) is 0 Å². The Kier molecular flexibility index (Phi) is 5.32.